The summed E-state index contributed by atoms with van der Waals surface area (Å²) in [5, 5.41) is 3.51. The van der Waals surface area contributed by atoms with Crippen molar-refractivity contribution in [1.82, 2.24) is 10.3 Å². The Morgan fingerprint density at radius 3 is 2.55 bits per heavy atom. The molecule has 1 N–H and O–H groups in total. The fraction of sp³-hybridized carbons (Fsp3) is 0.353. The average Bonchev–Trinajstić information content (AvgIpc) is 2.45. The molecule has 0 amide bonds. The molecule has 1 aromatic heterocycles. The zero-order valence-corrected chi connectivity index (χ0v) is 12.3. The predicted octanol–water partition coefficient (Wildman–Crippen LogP) is 3.72. The van der Waals surface area contributed by atoms with Gasteiger partial charge in [-0.1, -0.05) is 12.1 Å². The molecule has 0 aliphatic rings. The van der Waals surface area contributed by atoms with Crippen LogP contribution in [0, 0.1) is 0 Å². The Bertz CT molecular complexity index is 526. The summed E-state index contributed by atoms with van der Waals surface area (Å²) in [4.78, 5) is 4.04. The lowest BCUT2D eigenvalue weighted by atomic mass is 10.1. The van der Waals surface area contributed by atoms with Crippen LogP contribution in [0.5, 0.6) is 5.75 Å². The second-order valence-electron chi connectivity index (χ2n) is 5.20. The molecule has 1 heterocycles. The van der Waals surface area contributed by atoms with Gasteiger partial charge in [0, 0.05) is 25.0 Å². The van der Waals surface area contributed by atoms with Crippen molar-refractivity contribution in [3.63, 3.8) is 0 Å². The van der Waals surface area contributed by atoms with Gasteiger partial charge in [-0.2, -0.15) is 0 Å². The first kappa shape index (κ1) is 14.5. The van der Waals surface area contributed by atoms with Crippen molar-refractivity contribution in [3.8, 4) is 5.75 Å². The Labute approximate surface area is 121 Å². The quantitative estimate of drug-likeness (QED) is 0.868. The molecule has 20 heavy (non-hydrogen) atoms. The smallest absolute Gasteiger partial charge is 0.120 e. The van der Waals surface area contributed by atoms with Gasteiger partial charge in [-0.15, -0.1) is 0 Å². The third-order valence-corrected chi connectivity index (χ3v) is 3.09. The normalized spacial score (nSPS) is 12.4. The van der Waals surface area contributed by atoms with E-state index in [1.807, 2.05) is 50.5 Å². The van der Waals surface area contributed by atoms with E-state index in [1.54, 1.807) is 0 Å². The molecule has 3 heteroatoms. The van der Waals surface area contributed by atoms with Gasteiger partial charge in [0.1, 0.15) is 5.75 Å². The van der Waals surface area contributed by atoms with E-state index in [0.29, 0.717) is 6.04 Å². The zero-order chi connectivity index (χ0) is 14.4. The molecule has 0 fully saturated rings. The van der Waals surface area contributed by atoms with Crippen LogP contribution in [0.4, 0.5) is 0 Å². The largest absolute Gasteiger partial charge is 0.491 e. The summed E-state index contributed by atoms with van der Waals surface area (Å²) in [5.41, 5.74) is 2.47. The molecule has 3 nitrogen and oxygen atoms in total. The fourth-order valence-electron chi connectivity index (χ4n) is 2.04. The van der Waals surface area contributed by atoms with Crippen LogP contribution in [0.1, 0.15) is 37.9 Å². The maximum Gasteiger partial charge on any atom is 0.120 e. The Kier molecular flexibility index (Phi) is 5.13. The van der Waals surface area contributed by atoms with Gasteiger partial charge in [0.15, 0.2) is 0 Å². The Morgan fingerprint density at radius 1 is 1.10 bits per heavy atom. The van der Waals surface area contributed by atoms with Crippen LogP contribution in [0.3, 0.4) is 0 Å². The molecule has 0 spiro atoms. The third-order valence-electron chi connectivity index (χ3n) is 3.09. The summed E-state index contributed by atoms with van der Waals surface area (Å²) < 4.78 is 5.71. The Hall–Kier alpha value is -1.87. The highest BCUT2D eigenvalue weighted by atomic mass is 16.5. The van der Waals surface area contributed by atoms with Crippen molar-refractivity contribution in [1.29, 1.82) is 0 Å². The lowest BCUT2D eigenvalue weighted by Gasteiger charge is -2.15. The minimum Gasteiger partial charge on any atom is -0.491 e. The number of rotatable bonds is 6. The highest BCUT2D eigenvalue weighted by molar-refractivity contribution is 5.28. The lowest BCUT2D eigenvalue weighted by Crippen LogP contribution is -2.18. The number of benzene rings is 1. The molecule has 0 aliphatic heterocycles. The van der Waals surface area contributed by atoms with E-state index in [0.717, 1.165) is 12.3 Å². The van der Waals surface area contributed by atoms with E-state index >= 15 is 0 Å². The number of hydrogen-bond donors (Lipinski definition) is 1. The van der Waals surface area contributed by atoms with Gasteiger partial charge in [0.05, 0.1) is 6.10 Å². The molecule has 0 aliphatic carbocycles. The molecular formula is C17H22N2O. The number of ether oxygens (including phenoxy) is 1. The first-order valence-electron chi connectivity index (χ1n) is 7.04. The van der Waals surface area contributed by atoms with Gasteiger partial charge in [-0.05, 0) is 56.2 Å². The summed E-state index contributed by atoms with van der Waals surface area (Å²) >= 11 is 0. The number of aromatic nitrogens is 1. The molecule has 1 aromatic carbocycles. The van der Waals surface area contributed by atoms with E-state index < -0.39 is 0 Å². The minimum atomic E-state index is 0.203. The number of hydrogen-bond acceptors (Lipinski definition) is 3. The van der Waals surface area contributed by atoms with E-state index in [-0.39, 0.29) is 6.10 Å². The standard InChI is InChI=1S/C17H22N2O/c1-13(2)20-17-6-4-5-15(11-17)12-19-14(3)16-7-9-18-10-8-16/h4-11,13-14,19H,12H2,1-3H3/t14-/m0/s1. The van der Waals surface area contributed by atoms with Crippen molar-refractivity contribution in [3.05, 3.63) is 59.9 Å². The summed E-state index contributed by atoms with van der Waals surface area (Å²) in [6, 6.07) is 12.6. The van der Waals surface area contributed by atoms with E-state index in [9.17, 15) is 0 Å². The van der Waals surface area contributed by atoms with Crippen molar-refractivity contribution in [2.75, 3.05) is 0 Å². The third kappa shape index (κ3) is 4.35. The average molecular weight is 270 g/mol. The first-order chi connectivity index (χ1) is 9.65. The van der Waals surface area contributed by atoms with Crippen molar-refractivity contribution in [2.24, 2.45) is 0 Å². The van der Waals surface area contributed by atoms with Crippen LogP contribution < -0.4 is 10.1 Å². The second kappa shape index (κ2) is 7.06. The number of nitrogens with zero attached hydrogens (tertiary/aromatic N) is 1. The van der Waals surface area contributed by atoms with E-state index in [2.05, 4.69) is 29.4 Å². The predicted molar refractivity (Wildman–Crippen MR) is 81.7 cm³/mol. The van der Waals surface area contributed by atoms with Crippen LogP contribution in [0.2, 0.25) is 0 Å². The highest BCUT2D eigenvalue weighted by Crippen LogP contribution is 2.16. The highest BCUT2D eigenvalue weighted by Gasteiger charge is 2.05. The van der Waals surface area contributed by atoms with Gasteiger partial charge in [-0.25, -0.2) is 0 Å². The molecule has 0 bridgehead atoms. The zero-order valence-electron chi connectivity index (χ0n) is 12.3. The monoisotopic (exact) mass is 270 g/mol. The summed E-state index contributed by atoms with van der Waals surface area (Å²) in [5.74, 6) is 0.927. The van der Waals surface area contributed by atoms with Crippen molar-refractivity contribution < 1.29 is 4.74 Å². The summed E-state index contributed by atoms with van der Waals surface area (Å²) in [6.45, 7) is 7.05. The molecule has 0 saturated heterocycles. The van der Waals surface area contributed by atoms with Gasteiger partial charge < -0.3 is 10.1 Å². The second-order valence-corrected chi connectivity index (χ2v) is 5.20. The maximum atomic E-state index is 5.71. The molecule has 0 radical (unpaired) electrons. The van der Waals surface area contributed by atoms with Gasteiger partial charge in [-0.3, -0.25) is 4.98 Å². The van der Waals surface area contributed by atoms with Gasteiger partial charge in [0.2, 0.25) is 0 Å². The molecule has 1 atom stereocenters. The molecule has 2 rings (SSSR count). The van der Waals surface area contributed by atoms with Crippen molar-refractivity contribution >= 4 is 0 Å². The Morgan fingerprint density at radius 2 is 1.85 bits per heavy atom. The van der Waals surface area contributed by atoms with E-state index in [4.69, 9.17) is 4.74 Å². The number of pyridine rings is 1. The lowest BCUT2D eigenvalue weighted by molar-refractivity contribution is 0.242. The van der Waals surface area contributed by atoms with Gasteiger partial charge >= 0.3 is 0 Å². The minimum absolute atomic E-state index is 0.203. The van der Waals surface area contributed by atoms with E-state index in [1.165, 1.54) is 11.1 Å². The van der Waals surface area contributed by atoms with Crippen molar-refractivity contribution in [2.45, 2.75) is 39.5 Å². The van der Waals surface area contributed by atoms with Crippen LogP contribution in [0.15, 0.2) is 48.8 Å². The fourth-order valence-corrected chi connectivity index (χ4v) is 2.04. The molecule has 2 aromatic rings. The van der Waals surface area contributed by atoms with Gasteiger partial charge in [0.25, 0.3) is 0 Å². The number of nitrogens with one attached hydrogen (secondary N) is 1. The summed E-state index contributed by atoms with van der Waals surface area (Å²) in [6.07, 6.45) is 3.85. The first-order valence-corrected chi connectivity index (χ1v) is 7.04. The topological polar surface area (TPSA) is 34.1 Å². The van der Waals surface area contributed by atoms with Crippen LogP contribution in [-0.4, -0.2) is 11.1 Å². The molecule has 0 unspecified atom stereocenters. The maximum absolute atomic E-state index is 5.71. The van der Waals surface area contributed by atoms with Crippen LogP contribution in [-0.2, 0) is 6.54 Å². The SMILES string of the molecule is CC(C)Oc1cccc(CN[C@@H](C)c2ccncc2)c1. The Balaban J connectivity index is 1.94. The summed E-state index contributed by atoms with van der Waals surface area (Å²) in [7, 11) is 0. The van der Waals surface area contributed by atoms with Crippen LogP contribution >= 0.6 is 0 Å². The van der Waals surface area contributed by atoms with Crippen LogP contribution in [0.25, 0.3) is 0 Å². The molecular weight excluding hydrogens is 248 g/mol. The molecule has 0 saturated carbocycles. The molecule has 106 valence electrons.